The highest BCUT2D eigenvalue weighted by molar-refractivity contribution is 7.99. The first-order valence-corrected chi connectivity index (χ1v) is 8.21. The van der Waals surface area contributed by atoms with E-state index in [1.165, 1.54) is 5.75 Å². The molecule has 106 valence electrons. The number of thioether (sulfide) groups is 1. The molecule has 3 N–H and O–H groups in total. The summed E-state index contributed by atoms with van der Waals surface area (Å²) in [6.45, 7) is 1.11. The van der Waals surface area contributed by atoms with Gasteiger partial charge in [0.2, 0.25) is 0 Å². The van der Waals surface area contributed by atoms with Crippen molar-refractivity contribution in [3.63, 3.8) is 0 Å². The Kier molecular flexibility index (Phi) is 5.81. The number of hydrogen-bond acceptors (Lipinski definition) is 4. The van der Waals surface area contributed by atoms with Gasteiger partial charge in [-0.15, -0.1) is 0 Å². The highest BCUT2D eigenvalue weighted by Crippen LogP contribution is 2.25. The number of hydrogen-bond donors (Lipinski definition) is 2. The van der Waals surface area contributed by atoms with Crippen molar-refractivity contribution in [3.8, 4) is 0 Å². The first-order chi connectivity index (χ1) is 9.11. The third kappa shape index (κ3) is 4.00. The number of halogens is 2. The van der Waals surface area contributed by atoms with Crippen LogP contribution in [0.15, 0.2) is 18.2 Å². The Labute approximate surface area is 128 Å². The molecule has 19 heavy (non-hydrogen) atoms. The van der Waals surface area contributed by atoms with E-state index in [0.717, 1.165) is 24.3 Å². The number of benzene rings is 1. The molecule has 1 aliphatic heterocycles. The van der Waals surface area contributed by atoms with E-state index in [1.807, 2.05) is 30.0 Å². The zero-order chi connectivity index (χ0) is 13.8. The minimum Gasteiger partial charge on any atom is -0.300 e. The van der Waals surface area contributed by atoms with E-state index in [1.54, 1.807) is 0 Å². The van der Waals surface area contributed by atoms with Gasteiger partial charge in [-0.1, -0.05) is 29.3 Å². The Morgan fingerprint density at radius 1 is 1.47 bits per heavy atom. The molecule has 1 fully saturated rings. The van der Waals surface area contributed by atoms with Gasteiger partial charge in [0.15, 0.2) is 0 Å². The smallest absolute Gasteiger partial charge is 0.0595 e. The lowest BCUT2D eigenvalue weighted by Crippen LogP contribution is -2.55. The fourth-order valence-electron chi connectivity index (χ4n) is 2.36. The first-order valence-electron chi connectivity index (χ1n) is 6.30. The number of likely N-dealkylation sites (N-methyl/N-ethyl adjacent to an activating group) is 1. The normalized spacial score (nSPS) is 22.4. The molecular weight excluding hydrogens is 301 g/mol. The third-order valence-corrected chi connectivity index (χ3v) is 5.35. The summed E-state index contributed by atoms with van der Waals surface area (Å²) >= 11 is 14.0. The predicted octanol–water partition coefficient (Wildman–Crippen LogP) is 2.42. The number of nitrogens with two attached hydrogens (primary N) is 1. The first kappa shape index (κ1) is 15.4. The van der Waals surface area contributed by atoms with Crippen molar-refractivity contribution in [2.75, 3.05) is 25.1 Å². The molecule has 1 aromatic rings. The summed E-state index contributed by atoms with van der Waals surface area (Å²) in [5.74, 6) is 8.03. The van der Waals surface area contributed by atoms with Crippen LogP contribution in [0.1, 0.15) is 5.56 Å². The molecule has 0 radical (unpaired) electrons. The number of rotatable bonds is 4. The van der Waals surface area contributed by atoms with E-state index in [9.17, 15) is 0 Å². The van der Waals surface area contributed by atoms with Gasteiger partial charge >= 0.3 is 0 Å². The fourth-order valence-corrected chi connectivity index (χ4v) is 3.99. The Morgan fingerprint density at radius 2 is 2.26 bits per heavy atom. The van der Waals surface area contributed by atoms with Crippen molar-refractivity contribution in [2.45, 2.75) is 18.5 Å². The maximum atomic E-state index is 6.06. The van der Waals surface area contributed by atoms with Gasteiger partial charge in [0.1, 0.15) is 0 Å². The van der Waals surface area contributed by atoms with Gasteiger partial charge in [-0.3, -0.25) is 11.3 Å². The molecule has 0 spiro atoms. The standard InChI is InChI=1S/C13H19Cl2N3S/c1-18-4-5-19-8-13(18)12(17-16)7-9-2-3-10(14)11(15)6-9/h2-3,6,12-13,17H,4-5,7-8,16H2,1H3. The van der Waals surface area contributed by atoms with Gasteiger partial charge in [-0.2, -0.15) is 11.8 Å². The monoisotopic (exact) mass is 319 g/mol. The van der Waals surface area contributed by atoms with Gasteiger partial charge in [0.25, 0.3) is 0 Å². The van der Waals surface area contributed by atoms with Crippen molar-refractivity contribution in [1.29, 1.82) is 0 Å². The number of nitrogens with zero attached hydrogens (tertiary/aromatic N) is 1. The van der Waals surface area contributed by atoms with Gasteiger partial charge in [-0.25, -0.2) is 0 Å². The molecule has 6 heteroatoms. The van der Waals surface area contributed by atoms with Crippen LogP contribution in [0.4, 0.5) is 0 Å². The van der Waals surface area contributed by atoms with Gasteiger partial charge in [0, 0.05) is 30.1 Å². The molecule has 0 bridgehead atoms. The quantitative estimate of drug-likeness (QED) is 0.660. The van der Waals surface area contributed by atoms with Crippen molar-refractivity contribution in [3.05, 3.63) is 33.8 Å². The van der Waals surface area contributed by atoms with E-state index in [4.69, 9.17) is 29.0 Å². The largest absolute Gasteiger partial charge is 0.300 e. The Morgan fingerprint density at radius 3 is 2.89 bits per heavy atom. The lowest BCUT2D eigenvalue weighted by molar-refractivity contribution is 0.214. The van der Waals surface area contributed by atoms with Crippen molar-refractivity contribution in [1.82, 2.24) is 10.3 Å². The number of nitrogens with one attached hydrogen (secondary N) is 1. The highest BCUT2D eigenvalue weighted by atomic mass is 35.5. The molecule has 0 aliphatic carbocycles. The topological polar surface area (TPSA) is 41.3 Å². The molecule has 2 atom stereocenters. The van der Waals surface area contributed by atoms with Crippen LogP contribution >= 0.6 is 35.0 Å². The van der Waals surface area contributed by atoms with Crippen LogP contribution in [-0.4, -0.2) is 42.1 Å². The second-order valence-corrected chi connectivity index (χ2v) is 6.81. The van der Waals surface area contributed by atoms with E-state index >= 15 is 0 Å². The SMILES string of the molecule is CN1CCSCC1C(Cc1ccc(Cl)c(Cl)c1)NN. The molecule has 0 saturated carbocycles. The summed E-state index contributed by atoms with van der Waals surface area (Å²) in [5.41, 5.74) is 4.11. The van der Waals surface area contributed by atoms with Crippen LogP contribution in [0.5, 0.6) is 0 Å². The summed E-state index contributed by atoms with van der Waals surface area (Å²) in [6.07, 6.45) is 0.850. The van der Waals surface area contributed by atoms with Crippen LogP contribution in [0, 0.1) is 0 Å². The fraction of sp³-hybridized carbons (Fsp3) is 0.538. The molecule has 3 nitrogen and oxygen atoms in total. The maximum Gasteiger partial charge on any atom is 0.0595 e. The molecule has 1 heterocycles. The van der Waals surface area contributed by atoms with E-state index in [-0.39, 0.29) is 6.04 Å². The van der Waals surface area contributed by atoms with Crippen molar-refractivity contribution in [2.24, 2.45) is 5.84 Å². The third-order valence-electron chi connectivity index (χ3n) is 3.56. The lowest BCUT2D eigenvalue weighted by atomic mass is 10.00. The van der Waals surface area contributed by atoms with E-state index in [0.29, 0.717) is 16.1 Å². The Bertz CT molecular complexity index is 430. The van der Waals surface area contributed by atoms with Crippen LogP contribution in [0.3, 0.4) is 0 Å². The molecular formula is C13H19Cl2N3S. The minimum atomic E-state index is 0.218. The summed E-state index contributed by atoms with van der Waals surface area (Å²) < 4.78 is 0. The molecule has 1 aliphatic rings. The summed E-state index contributed by atoms with van der Waals surface area (Å²) in [5, 5.41) is 1.19. The maximum absolute atomic E-state index is 6.06. The highest BCUT2D eigenvalue weighted by Gasteiger charge is 2.27. The lowest BCUT2D eigenvalue weighted by Gasteiger charge is -2.37. The average molecular weight is 320 g/mol. The average Bonchev–Trinajstić information content (AvgIpc) is 2.41. The van der Waals surface area contributed by atoms with Crippen molar-refractivity contribution >= 4 is 35.0 Å². The second-order valence-electron chi connectivity index (χ2n) is 4.85. The number of hydrazine groups is 1. The summed E-state index contributed by atoms with van der Waals surface area (Å²) in [6, 6.07) is 6.43. The van der Waals surface area contributed by atoms with E-state index in [2.05, 4.69) is 17.4 Å². The zero-order valence-electron chi connectivity index (χ0n) is 10.9. The zero-order valence-corrected chi connectivity index (χ0v) is 13.2. The van der Waals surface area contributed by atoms with Crippen LogP contribution in [-0.2, 0) is 6.42 Å². The van der Waals surface area contributed by atoms with Gasteiger partial charge < -0.3 is 4.90 Å². The molecule has 0 amide bonds. The molecule has 1 aromatic carbocycles. The van der Waals surface area contributed by atoms with Crippen molar-refractivity contribution < 1.29 is 0 Å². The van der Waals surface area contributed by atoms with Gasteiger partial charge in [-0.05, 0) is 31.2 Å². The van der Waals surface area contributed by atoms with Crippen LogP contribution in [0.2, 0.25) is 10.0 Å². The Hall–Kier alpha value is 0.0300. The summed E-state index contributed by atoms with van der Waals surface area (Å²) in [7, 11) is 2.16. The second kappa shape index (κ2) is 7.16. The Balaban J connectivity index is 2.07. The minimum absolute atomic E-state index is 0.218. The molecule has 1 saturated heterocycles. The van der Waals surface area contributed by atoms with E-state index < -0.39 is 0 Å². The molecule has 0 aromatic heterocycles. The predicted molar refractivity (Wildman–Crippen MR) is 85.0 cm³/mol. The van der Waals surface area contributed by atoms with Crippen LogP contribution < -0.4 is 11.3 Å². The molecule has 2 rings (SSSR count). The van der Waals surface area contributed by atoms with Crippen LogP contribution in [0.25, 0.3) is 0 Å². The summed E-state index contributed by atoms with van der Waals surface area (Å²) in [4.78, 5) is 2.37. The van der Waals surface area contributed by atoms with Gasteiger partial charge in [0.05, 0.1) is 10.0 Å². The molecule has 2 unspecified atom stereocenters.